The summed E-state index contributed by atoms with van der Waals surface area (Å²) in [5, 5.41) is 9.14. The molecule has 1 saturated heterocycles. The van der Waals surface area contributed by atoms with Crippen LogP contribution in [0.25, 0.3) is 5.57 Å². The lowest BCUT2D eigenvalue weighted by Crippen LogP contribution is -2.35. The zero-order valence-corrected chi connectivity index (χ0v) is 17.9. The quantitative estimate of drug-likeness (QED) is 0.796. The van der Waals surface area contributed by atoms with Gasteiger partial charge in [-0.2, -0.15) is 5.26 Å². The summed E-state index contributed by atoms with van der Waals surface area (Å²) in [6.07, 6.45) is 1.93. The highest BCUT2D eigenvalue weighted by Gasteiger charge is 2.19. The second-order valence-electron chi connectivity index (χ2n) is 7.52. The molecule has 1 amide bonds. The number of carbonyl (C=O) groups excluding carboxylic acids is 1. The van der Waals surface area contributed by atoms with Crippen LogP contribution in [0.4, 0.5) is 0 Å². The number of rotatable bonds is 6. The molecule has 1 fully saturated rings. The van der Waals surface area contributed by atoms with Crippen LogP contribution in [0.2, 0.25) is 0 Å². The lowest BCUT2D eigenvalue weighted by molar-refractivity contribution is 0.0773. The number of carbonyl (C=O) groups is 1. The predicted octanol–water partition coefficient (Wildman–Crippen LogP) is 3.85. The molecule has 0 aliphatic carbocycles. The first-order valence-corrected chi connectivity index (χ1v) is 10.7. The van der Waals surface area contributed by atoms with Crippen LogP contribution in [0.5, 0.6) is 0 Å². The maximum atomic E-state index is 12.7. The summed E-state index contributed by atoms with van der Waals surface area (Å²) in [7, 11) is 0. The molecule has 2 aromatic carbocycles. The van der Waals surface area contributed by atoms with Crippen LogP contribution in [0.15, 0.2) is 54.1 Å². The Morgan fingerprint density at radius 3 is 1.93 bits per heavy atom. The Morgan fingerprint density at radius 2 is 1.47 bits per heavy atom. The molecule has 156 valence electrons. The molecule has 0 spiro atoms. The van der Waals surface area contributed by atoms with E-state index in [0.29, 0.717) is 30.9 Å². The third-order valence-electron chi connectivity index (χ3n) is 5.85. The van der Waals surface area contributed by atoms with Crippen LogP contribution in [0, 0.1) is 11.3 Å². The lowest BCUT2D eigenvalue weighted by atomic mass is 9.88. The van der Waals surface area contributed by atoms with Crippen molar-refractivity contribution in [3.8, 4) is 6.07 Å². The van der Waals surface area contributed by atoms with Gasteiger partial charge in [0.25, 0.3) is 5.91 Å². The Morgan fingerprint density at radius 1 is 0.967 bits per heavy atom. The van der Waals surface area contributed by atoms with E-state index in [-0.39, 0.29) is 5.91 Å². The van der Waals surface area contributed by atoms with Crippen molar-refractivity contribution < 1.29 is 4.79 Å². The van der Waals surface area contributed by atoms with Gasteiger partial charge in [-0.25, -0.2) is 0 Å². The molecule has 2 aromatic rings. The maximum absolute atomic E-state index is 12.7. The molecule has 5 heteroatoms. The zero-order chi connectivity index (χ0) is 21.5. The van der Waals surface area contributed by atoms with Crippen LogP contribution < -0.4 is 5.73 Å². The topological polar surface area (TPSA) is 73.4 Å². The number of nitrogens with zero attached hydrogens (tertiary/aromatic N) is 3. The fourth-order valence-electron chi connectivity index (χ4n) is 4.01. The maximum Gasteiger partial charge on any atom is 0.253 e. The average molecular weight is 403 g/mol. The Bertz CT molecular complexity index is 925. The molecule has 2 N–H and O–H groups in total. The summed E-state index contributed by atoms with van der Waals surface area (Å²) in [5.41, 5.74) is 12.0. The van der Waals surface area contributed by atoms with Gasteiger partial charge in [-0.05, 0) is 67.7 Å². The summed E-state index contributed by atoms with van der Waals surface area (Å²) in [6.45, 7) is 7.88. The van der Waals surface area contributed by atoms with Crippen molar-refractivity contribution in [2.45, 2.75) is 26.7 Å². The fourth-order valence-corrected chi connectivity index (χ4v) is 4.01. The van der Waals surface area contributed by atoms with Crippen molar-refractivity contribution >= 4 is 11.5 Å². The third kappa shape index (κ3) is 4.79. The fraction of sp³-hybridized carbons (Fsp3) is 0.360. The van der Waals surface area contributed by atoms with E-state index in [1.807, 2.05) is 67.3 Å². The van der Waals surface area contributed by atoms with Crippen molar-refractivity contribution in [3.05, 3.63) is 76.4 Å². The smallest absolute Gasteiger partial charge is 0.253 e. The molecule has 0 bridgehead atoms. The van der Waals surface area contributed by atoms with E-state index in [2.05, 4.69) is 11.0 Å². The number of nitrogens with two attached hydrogens (primary N) is 1. The molecule has 3 rings (SSSR count). The molecule has 30 heavy (non-hydrogen) atoms. The minimum Gasteiger partial charge on any atom is -0.339 e. The van der Waals surface area contributed by atoms with Crippen molar-refractivity contribution in [1.82, 2.24) is 9.80 Å². The van der Waals surface area contributed by atoms with Gasteiger partial charge in [0.1, 0.15) is 0 Å². The monoisotopic (exact) mass is 402 g/mol. The molecular weight excluding hydrogens is 372 g/mol. The van der Waals surface area contributed by atoms with Crippen molar-refractivity contribution in [3.63, 3.8) is 0 Å². The second-order valence-corrected chi connectivity index (χ2v) is 7.52. The minimum atomic E-state index is 0.0652. The lowest BCUT2D eigenvalue weighted by Gasteiger charge is -2.29. The minimum absolute atomic E-state index is 0.0652. The van der Waals surface area contributed by atoms with Gasteiger partial charge in [-0.3, -0.25) is 9.69 Å². The molecule has 0 atom stereocenters. The Kier molecular flexibility index (Phi) is 7.40. The highest BCUT2D eigenvalue weighted by atomic mass is 16.2. The molecule has 1 aliphatic heterocycles. The van der Waals surface area contributed by atoms with Gasteiger partial charge in [-0.1, -0.05) is 29.8 Å². The van der Waals surface area contributed by atoms with Gasteiger partial charge in [-0.15, -0.1) is 0 Å². The molecule has 0 aromatic heterocycles. The van der Waals surface area contributed by atoms with Crippen LogP contribution in [-0.4, -0.2) is 48.6 Å². The Hall–Kier alpha value is -2.94. The Labute approximate surface area is 179 Å². The molecule has 0 saturated carbocycles. The van der Waals surface area contributed by atoms with E-state index in [0.717, 1.165) is 37.1 Å². The normalized spacial score (nSPS) is 14.3. The Balaban J connectivity index is 1.98. The molecule has 0 radical (unpaired) electrons. The number of likely N-dealkylation sites (tertiary alicyclic amines) is 1. The number of hydrogen-bond acceptors (Lipinski definition) is 4. The standard InChI is InChI=1S/C25H30N4O/c1-3-29(4-2)25(30)23-11-9-21(10-12-23)24(20-7-5-19(17-26)6-8-20)22-13-15-28(18-27)16-14-22/h5-12H,3-4,13-16,18,27H2,1-2H3. The van der Waals surface area contributed by atoms with E-state index >= 15 is 0 Å². The summed E-state index contributed by atoms with van der Waals surface area (Å²) < 4.78 is 0. The van der Waals surface area contributed by atoms with Gasteiger partial charge in [0, 0.05) is 38.4 Å². The van der Waals surface area contributed by atoms with Crippen LogP contribution in [-0.2, 0) is 0 Å². The number of amides is 1. The van der Waals surface area contributed by atoms with E-state index < -0.39 is 0 Å². The molecule has 5 nitrogen and oxygen atoms in total. The van der Waals surface area contributed by atoms with Crippen molar-refractivity contribution in [1.29, 1.82) is 5.26 Å². The van der Waals surface area contributed by atoms with Crippen LogP contribution >= 0.6 is 0 Å². The first-order valence-electron chi connectivity index (χ1n) is 10.7. The number of benzene rings is 2. The van der Waals surface area contributed by atoms with E-state index in [1.54, 1.807) is 0 Å². The number of hydrogen-bond donors (Lipinski definition) is 1. The molecular formula is C25H30N4O. The third-order valence-corrected chi connectivity index (χ3v) is 5.85. The molecule has 1 aliphatic rings. The van der Waals surface area contributed by atoms with Crippen molar-refractivity contribution in [2.75, 3.05) is 32.8 Å². The summed E-state index contributed by atoms with van der Waals surface area (Å²) in [4.78, 5) is 16.8. The van der Waals surface area contributed by atoms with Gasteiger partial charge >= 0.3 is 0 Å². The molecule has 1 heterocycles. The largest absolute Gasteiger partial charge is 0.339 e. The second kappa shape index (κ2) is 10.2. The number of nitriles is 1. The average Bonchev–Trinajstić information content (AvgIpc) is 2.81. The van der Waals surface area contributed by atoms with Crippen LogP contribution in [0.1, 0.15) is 53.7 Å². The summed E-state index contributed by atoms with van der Waals surface area (Å²) >= 11 is 0. The summed E-state index contributed by atoms with van der Waals surface area (Å²) in [6, 6.07) is 17.9. The zero-order valence-electron chi connectivity index (χ0n) is 17.9. The first-order chi connectivity index (χ1) is 14.6. The highest BCUT2D eigenvalue weighted by molar-refractivity contribution is 5.95. The summed E-state index contributed by atoms with van der Waals surface area (Å²) in [5.74, 6) is 0.0652. The predicted molar refractivity (Wildman–Crippen MR) is 121 cm³/mol. The SMILES string of the molecule is CCN(CC)C(=O)c1ccc(C(=C2CCN(CN)CC2)c2ccc(C#N)cc2)cc1. The van der Waals surface area contributed by atoms with Crippen molar-refractivity contribution in [2.24, 2.45) is 5.73 Å². The van der Waals surface area contributed by atoms with Gasteiger partial charge in [0.2, 0.25) is 0 Å². The number of piperidine rings is 1. The van der Waals surface area contributed by atoms with Gasteiger partial charge in [0.05, 0.1) is 11.6 Å². The first kappa shape index (κ1) is 21.8. The van der Waals surface area contributed by atoms with Gasteiger partial charge < -0.3 is 10.6 Å². The van der Waals surface area contributed by atoms with E-state index in [4.69, 9.17) is 11.0 Å². The van der Waals surface area contributed by atoms with E-state index in [1.165, 1.54) is 11.1 Å². The van der Waals surface area contributed by atoms with Crippen LogP contribution in [0.3, 0.4) is 0 Å². The van der Waals surface area contributed by atoms with E-state index in [9.17, 15) is 4.79 Å². The molecule has 0 unspecified atom stereocenters. The highest BCUT2D eigenvalue weighted by Crippen LogP contribution is 2.32. The van der Waals surface area contributed by atoms with Gasteiger partial charge in [0.15, 0.2) is 0 Å².